The van der Waals surface area contributed by atoms with Gasteiger partial charge in [-0.2, -0.15) is 0 Å². The Morgan fingerprint density at radius 1 is 1.29 bits per heavy atom. The number of rotatable bonds is 3. The summed E-state index contributed by atoms with van der Waals surface area (Å²) in [6.07, 6.45) is 6.52. The van der Waals surface area contributed by atoms with Crippen LogP contribution in [-0.4, -0.2) is 30.4 Å². The molecule has 1 atom stereocenters. The van der Waals surface area contributed by atoms with Gasteiger partial charge in [0.05, 0.1) is 6.04 Å². The number of carbonyl (C=O) groups excluding carboxylic acids is 1. The first-order chi connectivity index (χ1) is 7.82. The highest BCUT2D eigenvalue weighted by molar-refractivity contribution is 5.82. The van der Waals surface area contributed by atoms with Gasteiger partial charge >= 0.3 is 0 Å². The first-order valence-electron chi connectivity index (χ1n) is 6.83. The highest BCUT2D eigenvalue weighted by Crippen LogP contribution is 2.25. The van der Waals surface area contributed by atoms with E-state index >= 15 is 0 Å². The van der Waals surface area contributed by atoms with Crippen molar-refractivity contribution in [2.45, 2.75) is 58.9 Å². The van der Waals surface area contributed by atoms with Gasteiger partial charge < -0.3 is 10.6 Å². The number of hydrogen-bond donors (Lipinski definition) is 1. The molecule has 0 bridgehead atoms. The summed E-state index contributed by atoms with van der Waals surface area (Å²) in [5, 5.41) is 0. The molecule has 1 fully saturated rings. The van der Waals surface area contributed by atoms with E-state index in [1.807, 2.05) is 32.7 Å². The van der Waals surface area contributed by atoms with E-state index in [0.29, 0.717) is 5.92 Å². The molecule has 0 aromatic heterocycles. The highest BCUT2D eigenvalue weighted by atomic mass is 16.2. The average Bonchev–Trinajstić information content (AvgIpc) is 2.27. The van der Waals surface area contributed by atoms with Gasteiger partial charge in [-0.05, 0) is 24.2 Å². The van der Waals surface area contributed by atoms with Crippen LogP contribution < -0.4 is 5.73 Å². The predicted molar refractivity (Wildman–Crippen MR) is 71.6 cm³/mol. The lowest BCUT2D eigenvalue weighted by molar-refractivity contribution is -0.134. The van der Waals surface area contributed by atoms with Crippen molar-refractivity contribution in [3.63, 3.8) is 0 Å². The molecule has 0 saturated heterocycles. The first-order valence-corrected chi connectivity index (χ1v) is 6.83. The number of nitrogens with zero attached hydrogens (tertiary/aromatic N) is 1. The molecule has 1 aliphatic rings. The summed E-state index contributed by atoms with van der Waals surface area (Å²) in [5.74, 6) is 0.771. The fraction of sp³-hybridized carbons (Fsp3) is 0.929. The van der Waals surface area contributed by atoms with Crippen molar-refractivity contribution in [2.75, 3.05) is 13.6 Å². The van der Waals surface area contributed by atoms with Crippen molar-refractivity contribution in [3.05, 3.63) is 0 Å². The molecule has 0 radical (unpaired) electrons. The number of nitrogens with two attached hydrogens (primary N) is 1. The average molecular weight is 240 g/mol. The van der Waals surface area contributed by atoms with E-state index in [0.717, 1.165) is 6.54 Å². The van der Waals surface area contributed by atoms with Crippen LogP contribution in [0, 0.1) is 11.3 Å². The summed E-state index contributed by atoms with van der Waals surface area (Å²) in [6, 6.07) is -0.393. The van der Waals surface area contributed by atoms with Gasteiger partial charge in [0.2, 0.25) is 5.91 Å². The minimum Gasteiger partial charge on any atom is -0.344 e. The number of amides is 1. The van der Waals surface area contributed by atoms with Crippen LogP contribution in [0.3, 0.4) is 0 Å². The largest absolute Gasteiger partial charge is 0.344 e. The van der Waals surface area contributed by atoms with Crippen LogP contribution in [0.2, 0.25) is 0 Å². The number of carbonyl (C=O) groups is 1. The maximum Gasteiger partial charge on any atom is 0.239 e. The van der Waals surface area contributed by atoms with Gasteiger partial charge in [0.15, 0.2) is 0 Å². The maximum atomic E-state index is 12.2. The fourth-order valence-corrected chi connectivity index (χ4v) is 2.45. The van der Waals surface area contributed by atoms with Crippen molar-refractivity contribution in [3.8, 4) is 0 Å². The zero-order valence-corrected chi connectivity index (χ0v) is 11.8. The summed E-state index contributed by atoms with van der Waals surface area (Å²) in [7, 11) is 1.89. The minimum absolute atomic E-state index is 0.0862. The van der Waals surface area contributed by atoms with Crippen LogP contribution in [0.1, 0.15) is 52.9 Å². The number of likely N-dealkylation sites (N-methyl/N-ethyl adjacent to an activating group) is 1. The molecular formula is C14H28N2O. The van der Waals surface area contributed by atoms with Gasteiger partial charge in [-0.15, -0.1) is 0 Å². The van der Waals surface area contributed by atoms with E-state index in [4.69, 9.17) is 5.73 Å². The molecule has 3 nitrogen and oxygen atoms in total. The standard InChI is InChI=1S/C14H28N2O/c1-14(2,3)12(15)13(17)16(4)10-11-8-6-5-7-9-11/h11-12H,5-10,15H2,1-4H3/t12-/m1/s1. The summed E-state index contributed by atoms with van der Waals surface area (Å²) in [6.45, 7) is 6.93. The van der Waals surface area contributed by atoms with Crippen LogP contribution in [0.25, 0.3) is 0 Å². The van der Waals surface area contributed by atoms with Crippen LogP contribution in [0.5, 0.6) is 0 Å². The number of hydrogen-bond acceptors (Lipinski definition) is 2. The smallest absolute Gasteiger partial charge is 0.239 e. The Bertz CT molecular complexity index is 251. The molecule has 0 spiro atoms. The van der Waals surface area contributed by atoms with Crippen molar-refractivity contribution >= 4 is 5.91 Å². The Morgan fingerprint density at radius 2 is 1.82 bits per heavy atom. The van der Waals surface area contributed by atoms with Crippen molar-refractivity contribution in [2.24, 2.45) is 17.1 Å². The highest BCUT2D eigenvalue weighted by Gasteiger charge is 2.30. The predicted octanol–water partition coefficient (Wildman–Crippen LogP) is 2.40. The van der Waals surface area contributed by atoms with E-state index < -0.39 is 6.04 Å². The normalized spacial score (nSPS) is 20.1. The molecule has 0 unspecified atom stereocenters. The second-order valence-electron chi connectivity index (χ2n) is 6.57. The SMILES string of the molecule is CN(CC1CCCCC1)C(=O)[C@@H](N)C(C)(C)C. The lowest BCUT2D eigenvalue weighted by Gasteiger charge is -2.32. The van der Waals surface area contributed by atoms with Gasteiger partial charge in [-0.25, -0.2) is 0 Å². The monoisotopic (exact) mass is 240 g/mol. The van der Waals surface area contributed by atoms with E-state index in [1.54, 1.807) is 0 Å². The zero-order valence-electron chi connectivity index (χ0n) is 11.8. The molecule has 1 rings (SSSR count). The molecule has 0 aliphatic heterocycles. The Hall–Kier alpha value is -0.570. The van der Waals surface area contributed by atoms with Gasteiger partial charge in [-0.3, -0.25) is 4.79 Å². The molecule has 100 valence electrons. The van der Waals surface area contributed by atoms with Gasteiger partial charge in [0, 0.05) is 13.6 Å². The molecule has 2 N–H and O–H groups in total. The van der Waals surface area contributed by atoms with Crippen LogP contribution in [-0.2, 0) is 4.79 Å². The fourth-order valence-electron chi connectivity index (χ4n) is 2.45. The third kappa shape index (κ3) is 4.30. The molecule has 1 amide bonds. The molecule has 3 heteroatoms. The lowest BCUT2D eigenvalue weighted by atomic mass is 9.85. The molecule has 17 heavy (non-hydrogen) atoms. The molecule has 1 aliphatic carbocycles. The van der Waals surface area contributed by atoms with Crippen LogP contribution in [0.4, 0.5) is 0 Å². The van der Waals surface area contributed by atoms with Crippen LogP contribution in [0.15, 0.2) is 0 Å². The van der Waals surface area contributed by atoms with E-state index in [-0.39, 0.29) is 11.3 Å². The molecule has 0 aromatic rings. The molecular weight excluding hydrogens is 212 g/mol. The Labute approximate surface area is 106 Å². The van der Waals surface area contributed by atoms with E-state index in [1.165, 1.54) is 32.1 Å². The molecule has 0 aromatic carbocycles. The van der Waals surface area contributed by atoms with Gasteiger partial charge in [0.25, 0.3) is 0 Å². The van der Waals surface area contributed by atoms with E-state index in [9.17, 15) is 4.79 Å². The van der Waals surface area contributed by atoms with Gasteiger partial charge in [0.1, 0.15) is 0 Å². The minimum atomic E-state index is -0.393. The summed E-state index contributed by atoms with van der Waals surface area (Å²) < 4.78 is 0. The second-order valence-corrected chi connectivity index (χ2v) is 6.57. The Balaban J connectivity index is 2.46. The van der Waals surface area contributed by atoms with Crippen molar-refractivity contribution < 1.29 is 4.79 Å². The Kier molecular flexibility index (Phi) is 4.99. The van der Waals surface area contributed by atoms with Crippen LogP contribution >= 0.6 is 0 Å². The third-order valence-electron chi connectivity index (χ3n) is 3.83. The Morgan fingerprint density at radius 3 is 2.29 bits per heavy atom. The topological polar surface area (TPSA) is 46.3 Å². The van der Waals surface area contributed by atoms with E-state index in [2.05, 4.69) is 0 Å². The van der Waals surface area contributed by atoms with Crippen molar-refractivity contribution in [1.29, 1.82) is 0 Å². The zero-order chi connectivity index (χ0) is 13.1. The summed E-state index contributed by atoms with van der Waals surface area (Å²) in [4.78, 5) is 14.0. The quantitative estimate of drug-likeness (QED) is 0.823. The maximum absolute atomic E-state index is 12.2. The molecule has 0 heterocycles. The third-order valence-corrected chi connectivity index (χ3v) is 3.83. The second kappa shape index (κ2) is 5.85. The van der Waals surface area contributed by atoms with Crippen molar-refractivity contribution in [1.82, 2.24) is 4.90 Å². The lowest BCUT2D eigenvalue weighted by Crippen LogP contribution is -2.50. The molecule has 1 saturated carbocycles. The first kappa shape index (κ1) is 14.5. The summed E-state index contributed by atoms with van der Waals surface area (Å²) in [5.41, 5.74) is 5.85. The van der Waals surface area contributed by atoms with Gasteiger partial charge in [-0.1, -0.05) is 40.0 Å². The summed E-state index contributed by atoms with van der Waals surface area (Å²) >= 11 is 0.